The van der Waals surface area contributed by atoms with Crippen LogP contribution in [0.15, 0.2) is 53.9 Å². The highest BCUT2D eigenvalue weighted by molar-refractivity contribution is 7.90. The maximum Gasteiger partial charge on any atom is 0.270 e. The molecule has 3 aromatic rings. The molecule has 0 radical (unpaired) electrons. The van der Waals surface area contributed by atoms with E-state index in [4.69, 9.17) is 4.74 Å². The Morgan fingerprint density at radius 2 is 1.65 bits per heavy atom. The first-order valence-corrected chi connectivity index (χ1v) is 7.24. The zero-order valence-corrected chi connectivity index (χ0v) is 11.4. The van der Waals surface area contributed by atoms with Crippen LogP contribution in [0.2, 0.25) is 0 Å². The fourth-order valence-electron chi connectivity index (χ4n) is 2.08. The third kappa shape index (κ3) is 1.83. The third-order valence-corrected chi connectivity index (χ3v) is 4.67. The van der Waals surface area contributed by atoms with E-state index >= 15 is 0 Å². The molecule has 102 valence electrons. The van der Waals surface area contributed by atoms with Crippen molar-refractivity contribution in [1.82, 2.24) is 14.2 Å². The molecule has 7 heteroatoms. The zero-order chi connectivity index (χ0) is 14.2. The molecule has 1 aromatic heterocycles. The lowest BCUT2D eigenvalue weighted by Crippen LogP contribution is -2.11. The van der Waals surface area contributed by atoms with Gasteiger partial charge in [0.2, 0.25) is 0 Å². The summed E-state index contributed by atoms with van der Waals surface area (Å²) >= 11 is 0. The molecule has 0 aliphatic rings. The van der Waals surface area contributed by atoms with Gasteiger partial charge in [-0.2, -0.15) is 0 Å². The van der Waals surface area contributed by atoms with Crippen LogP contribution in [0.25, 0.3) is 10.8 Å². The van der Waals surface area contributed by atoms with Gasteiger partial charge in [-0.15, -0.1) is 10.2 Å². The molecule has 1 heterocycles. The van der Waals surface area contributed by atoms with Gasteiger partial charge in [-0.25, -0.2) is 12.4 Å². The van der Waals surface area contributed by atoms with E-state index in [9.17, 15) is 8.42 Å². The van der Waals surface area contributed by atoms with Crippen LogP contribution < -0.4 is 4.74 Å². The summed E-state index contributed by atoms with van der Waals surface area (Å²) in [5.41, 5.74) is 0. The van der Waals surface area contributed by atoms with Crippen LogP contribution in [0.1, 0.15) is 0 Å². The van der Waals surface area contributed by atoms with Crippen LogP contribution in [0.4, 0.5) is 0 Å². The molecular formula is C13H11N3O3S. The quantitative estimate of drug-likeness (QED) is 0.733. The summed E-state index contributed by atoms with van der Waals surface area (Å²) in [6.45, 7) is 0. The first-order valence-electron chi connectivity index (χ1n) is 5.80. The molecular weight excluding hydrogens is 278 g/mol. The first kappa shape index (κ1) is 12.6. The molecule has 0 aliphatic carbocycles. The number of benzene rings is 2. The molecule has 0 N–H and O–H groups in total. The number of ether oxygens (including phenoxy) is 1. The Morgan fingerprint density at radius 1 is 1.00 bits per heavy atom. The van der Waals surface area contributed by atoms with E-state index in [1.165, 1.54) is 6.07 Å². The molecule has 0 amide bonds. The van der Waals surface area contributed by atoms with Crippen LogP contribution in [-0.2, 0) is 10.0 Å². The molecule has 0 fully saturated rings. The van der Waals surface area contributed by atoms with Crippen LogP contribution in [0.3, 0.4) is 0 Å². The van der Waals surface area contributed by atoms with E-state index in [1.54, 1.807) is 25.3 Å². The number of hydrogen-bond acceptors (Lipinski definition) is 5. The van der Waals surface area contributed by atoms with Gasteiger partial charge in [0.1, 0.15) is 18.4 Å². The summed E-state index contributed by atoms with van der Waals surface area (Å²) in [4.78, 5) is 0.189. The Labute approximate surface area is 115 Å². The average Bonchev–Trinajstić information content (AvgIpc) is 3.01. The second-order valence-corrected chi connectivity index (χ2v) is 5.92. The van der Waals surface area contributed by atoms with Gasteiger partial charge in [0.05, 0.1) is 12.0 Å². The van der Waals surface area contributed by atoms with Crippen LogP contribution in [0, 0.1) is 0 Å². The number of rotatable bonds is 3. The Morgan fingerprint density at radius 3 is 2.30 bits per heavy atom. The average molecular weight is 289 g/mol. The normalized spacial score (nSPS) is 11.7. The minimum atomic E-state index is -3.71. The van der Waals surface area contributed by atoms with E-state index in [0.717, 1.165) is 22.0 Å². The monoisotopic (exact) mass is 289 g/mol. The van der Waals surface area contributed by atoms with Crippen LogP contribution in [-0.4, -0.2) is 29.7 Å². The van der Waals surface area contributed by atoms with Gasteiger partial charge in [-0.1, -0.05) is 24.3 Å². The fraction of sp³-hybridized carbons (Fsp3) is 0.0769. The van der Waals surface area contributed by atoms with Gasteiger partial charge in [0.15, 0.2) is 0 Å². The van der Waals surface area contributed by atoms with E-state index in [0.29, 0.717) is 11.1 Å². The standard InChI is InChI=1S/C13H11N3O3S/c1-19-12-6-7-13(11-5-3-2-4-10(11)12)20(17,18)16-8-14-15-9-16/h2-9H,1H3. The van der Waals surface area contributed by atoms with Crippen molar-refractivity contribution in [3.8, 4) is 5.75 Å². The molecule has 2 aromatic carbocycles. The summed E-state index contributed by atoms with van der Waals surface area (Å²) in [5, 5.41) is 8.41. The van der Waals surface area contributed by atoms with Crippen molar-refractivity contribution in [2.75, 3.05) is 7.11 Å². The van der Waals surface area contributed by atoms with E-state index < -0.39 is 10.0 Å². The number of methoxy groups -OCH3 is 1. The predicted molar refractivity (Wildman–Crippen MR) is 73.1 cm³/mol. The maximum absolute atomic E-state index is 12.6. The number of aromatic nitrogens is 3. The van der Waals surface area contributed by atoms with Gasteiger partial charge in [-0.05, 0) is 12.1 Å². The molecule has 6 nitrogen and oxygen atoms in total. The number of nitrogens with zero attached hydrogens (tertiary/aromatic N) is 3. The second kappa shape index (κ2) is 4.61. The lowest BCUT2D eigenvalue weighted by molar-refractivity contribution is 0.419. The Bertz CT molecular complexity index is 858. The van der Waals surface area contributed by atoms with Crippen molar-refractivity contribution in [2.45, 2.75) is 4.90 Å². The fourth-order valence-corrected chi connectivity index (χ4v) is 3.33. The largest absolute Gasteiger partial charge is 0.496 e. The van der Waals surface area contributed by atoms with Crippen molar-refractivity contribution in [2.24, 2.45) is 0 Å². The van der Waals surface area contributed by atoms with Gasteiger partial charge >= 0.3 is 0 Å². The van der Waals surface area contributed by atoms with Crippen molar-refractivity contribution in [3.63, 3.8) is 0 Å². The topological polar surface area (TPSA) is 74.1 Å². The summed E-state index contributed by atoms with van der Waals surface area (Å²) in [6.07, 6.45) is 2.32. The van der Waals surface area contributed by atoms with Crippen molar-refractivity contribution in [1.29, 1.82) is 0 Å². The molecule has 0 saturated carbocycles. The smallest absolute Gasteiger partial charge is 0.270 e. The molecule has 20 heavy (non-hydrogen) atoms. The van der Waals surface area contributed by atoms with E-state index in [1.807, 2.05) is 12.1 Å². The first-order chi connectivity index (χ1) is 9.64. The molecule has 0 atom stereocenters. The van der Waals surface area contributed by atoms with Gasteiger partial charge in [0, 0.05) is 10.8 Å². The summed E-state index contributed by atoms with van der Waals surface area (Å²) in [5.74, 6) is 0.628. The summed E-state index contributed by atoms with van der Waals surface area (Å²) < 4.78 is 31.3. The maximum atomic E-state index is 12.6. The number of fused-ring (bicyclic) bond motifs is 1. The van der Waals surface area contributed by atoms with Crippen molar-refractivity contribution in [3.05, 3.63) is 49.1 Å². The Hall–Kier alpha value is -2.41. The molecule has 0 saturated heterocycles. The lowest BCUT2D eigenvalue weighted by atomic mass is 10.1. The van der Waals surface area contributed by atoms with Crippen LogP contribution in [0.5, 0.6) is 5.75 Å². The zero-order valence-electron chi connectivity index (χ0n) is 10.6. The highest BCUT2D eigenvalue weighted by Gasteiger charge is 2.20. The highest BCUT2D eigenvalue weighted by Crippen LogP contribution is 2.31. The van der Waals surface area contributed by atoms with E-state index in [2.05, 4.69) is 10.2 Å². The van der Waals surface area contributed by atoms with Gasteiger partial charge in [0.25, 0.3) is 10.0 Å². The molecule has 0 aliphatic heterocycles. The van der Waals surface area contributed by atoms with Gasteiger partial charge < -0.3 is 4.74 Å². The molecule has 0 unspecified atom stereocenters. The Kier molecular flexibility index (Phi) is 2.90. The lowest BCUT2D eigenvalue weighted by Gasteiger charge is -2.11. The summed E-state index contributed by atoms with van der Waals surface area (Å²) in [7, 11) is -2.16. The summed E-state index contributed by atoms with van der Waals surface area (Å²) in [6, 6.07) is 10.3. The third-order valence-electron chi connectivity index (χ3n) is 3.02. The predicted octanol–water partition coefficient (Wildman–Crippen LogP) is 1.68. The molecule has 0 spiro atoms. The van der Waals surface area contributed by atoms with E-state index in [-0.39, 0.29) is 4.90 Å². The molecule has 0 bridgehead atoms. The van der Waals surface area contributed by atoms with Gasteiger partial charge in [-0.3, -0.25) is 0 Å². The van der Waals surface area contributed by atoms with Crippen molar-refractivity contribution < 1.29 is 13.2 Å². The van der Waals surface area contributed by atoms with Crippen LogP contribution >= 0.6 is 0 Å². The SMILES string of the molecule is COc1ccc(S(=O)(=O)n2cnnc2)c2ccccc12. The highest BCUT2D eigenvalue weighted by atomic mass is 32.2. The molecule has 3 rings (SSSR count). The minimum Gasteiger partial charge on any atom is -0.496 e. The number of hydrogen-bond donors (Lipinski definition) is 0. The Balaban J connectivity index is 2.34. The van der Waals surface area contributed by atoms with Crippen molar-refractivity contribution >= 4 is 20.8 Å². The minimum absolute atomic E-state index is 0.189. The second-order valence-electron chi connectivity index (χ2n) is 4.11.